The summed E-state index contributed by atoms with van der Waals surface area (Å²) in [5.41, 5.74) is -0.938. The SMILES string of the molecule is CC(C)(C)OC(=O)CCC(=O)c1ccc(OCc2ccccc2C(F)(F)F)cc1. The van der Waals surface area contributed by atoms with Crippen molar-refractivity contribution in [2.24, 2.45) is 0 Å². The van der Waals surface area contributed by atoms with E-state index in [-0.39, 0.29) is 30.8 Å². The Kier molecular flexibility index (Phi) is 7.06. The van der Waals surface area contributed by atoms with Crippen molar-refractivity contribution in [2.45, 2.75) is 52.0 Å². The first-order valence-corrected chi connectivity index (χ1v) is 9.09. The lowest BCUT2D eigenvalue weighted by Crippen LogP contribution is -2.24. The molecule has 0 bridgehead atoms. The van der Waals surface area contributed by atoms with E-state index in [0.29, 0.717) is 11.3 Å². The fraction of sp³-hybridized carbons (Fsp3) is 0.364. The van der Waals surface area contributed by atoms with Gasteiger partial charge in [0.25, 0.3) is 0 Å². The quantitative estimate of drug-likeness (QED) is 0.443. The molecule has 0 saturated heterocycles. The van der Waals surface area contributed by atoms with Crippen molar-refractivity contribution in [2.75, 3.05) is 0 Å². The summed E-state index contributed by atoms with van der Waals surface area (Å²) >= 11 is 0. The second-order valence-electron chi connectivity index (χ2n) is 7.48. The predicted octanol–water partition coefficient (Wildman–Crippen LogP) is 5.59. The zero-order chi connectivity index (χ0) is 21.7. The van der Waals surface area contributed by atoms with Crippen LogP contribution in [0.2, 0.25) is 0 Å². The van der Waals surface area contributed by atoms with Gasteiger partial charge in [0, 0.05) is 17.5 Å². The van der Waals surface area contributed by atoms with Crippen LogP contribution in [0.1, 0.15) is 55.1 Å². The minimum absolute atomic E-state index is 0.00801. The van der Waals surface area contributed by atoms with E-state index in [0.717, 1.165) is 6.07 Å². The summed E-state index contributed by atoms with van der Waals surface area (Å²) in [5, 5.41) is 0. The summed E-state index contributed by atoms with van der Waals surface area (Å²) < 4.78 is 49.6. The lowest BCUT2D eigenvalue weighted by atomic mass is 10.1. The van der Waals surface area contributed by atoms with Crippen molar-refractivity contribution in [1.29, 1.82) is 0 Å². The summed E-state index contributed by atoms with van der Waals surface area (Å²) in [6.07, 6.45) is -4.47. The molecule has 156 valence electrons. The van der Waals surface area contributed by atoms with Crippen molar-refractivity contribution < 1.29 is 32.2 Å². The number of alkyl halides is 3. The van der Waals surface area contributed by atoms with Crippen LogP contribution in [0.4, 0.5) is 13.2 Å². The second-order valence-corrected chi connectivity index (χ2v) is 7.48. The van der Waals surface area contributed by atoms with Crippen molar-refractivity contribution in [1.82, 2.24) is 0 Å². The maximum absolute atomic E-state index is 13.0. The third-order valence-corrected chi connectivity index (χ3v) is 3.87. The van der Waals surface area contributed by atoms with E-state index in [1.54, 1.807) is 20.8 Å². The van der Waals surface area contributed by atoms with Crippen molar-refractivity contribution in [3.63, 3.8) is 0 Å². The largest absolute Gasteiger partial charge is 0.489 e. The first-order chi connectivity index (χ1) is 13.5. The number of hydrogen-bond donors (Lipinski definition) is 0. The first-order valence-electron chi connectivity index (χ1n) is 9.09. The standard InChI is InChI=1S/C22H23F3O4/c1-21(2,3)29-20(27)13-12-19(26)15-8-10-17(11-9-15)28-14-16-6-4-5-7-18(16)22(23,24)25/h4-11H,12-14H2,1-3H3. The first kappa shape index (κ1) is 22.5. The highest BCUT2D eigenvalue weighted by molar-refractivity contribution is 5.97. The van der Waals surface area contributed by atoms with E-state index >= 15 is 0 Å². The average Bonchev–Trinajstić information content (AvgIpc) is 2.63. The van der Waals surface area contributed by atoms with Crippen LogP contribution in [0, 0.1) is 0 Å². The highest BCUT2D eigenvalue weighted by Crippen LogP contribution is 2.32. The molecule has 0 aliphatic heterocycles. The maximum Gasteiger partial charge on any atom is 0.416 e. The van der Waals surface area contributed by atoms with Gasteiger partial charge in [-0.05, 0) is 51.1 Å². The smallest absolute Gasteiger partial charge is 0.416 e. The van der Waals surface area contributed by atoms with Gasteiger partial charge in [-0.15, -0.1) is 0 Å². The lowest BCUT2D eigenvalue weighted by molar-refractivity contribution is -0.154. The Morgan fingerprint density at radius 3 is 2.10 bits per heavy atom. The molecule has 0 aliphatic carbocycles. The molecule has 0 radical (unpaired) electrons. The van der Waals surface area contributed by atoms with Gasteiger partial charge in [-0.3, -0.25) is 9.59 Å². The Labute approximate surface area is 167 Å². The van der Waals surface area contributed by atoms with Crippen molar-refractivity contribution in [3.8, 4) is 5.75 Å². The molecule has 2 aromatic carbocycles. The molecule has 7 heteroatoms. The number of ketones is 1. The molecule has 4 nitrogen and oxygen atoms in total. The van der Waals surface area contributed by atoms with E-state index < -0.39 is 23.3 Å². The molecular weight excluding hydrogens is 385 g/mol. The molecule has 0 amide bonds. The molecule has 0 atom stereocenters. The lowest BCUT2D eigenvalue weighted by Gasteiger charge is -2.19. The third kappa shape index (κ3) is 7.25. The summed E-state index contributed by atoms with van der Waals surface area (Å²) in [4.78, 5) is 23.9. The minimum Gasteiger partial charge on any atom is -0.489 e. The molecule has 2 rings (SSSR count). The molecule has 0 aliphatic rings. The number of Topliss-reactive ketones (excluding diaryl/α,β-unsaturated/α-hetero) is 1. The highest BCUT2D eigenvalue weighted by atomic mass is 19.4. The van der Waals surface area contributed by atoms with Crippen LogP contribution in [0.3, 0.4) is 0 Å². The van der Waals surface area contributed by atoms with Crippen LogP contribution in [0.15, 0.2) is 48.5 Å². The van der Waals surface area contributed by atoms with Crippen LogP contribution in [-0.2, 0) is 22.3 Å². The van der Waals surface area contributed by atoms with Gasteiger partial charge in [-0.1, -0.05) is 18.2 Å². The average molecular weight is 408 g/mol. The summed E-state index contributed by atoms with van der Waals surface area (Å²) in [7, 11) is 0. The molecule has 2 aromatic rings. The van der Waals surface area contributed by atoms with Crippen LogP contribution in [-0.4, -0.2) is 17.4 Å². The zero-order valence-corrected chi connectivity index (χ0v) is 16.5. The van der Waals surface area contributed by atoms with Crippen molar-refractivity contribution >= 4 is 11.8 Å². The topological polar surface area (TPSA) is 52.6 Å². The number of ether oxygens (including phenoxy) is 2. The van der Waals surface area contributed by atoms with E-state index in [4.69, 9.17) is 9.47 Å². The third-order valence-electron chi connectivity index (χ3n) is 3.87. The van der Waals surface area contributed by atoms with Gasteiger partial charge in [0.1, 0.15) is 18.0 Å². The normalized spacial score (nSPS) is 11.8. The number of hydrogen-bond acceptors (Lipinski definition) is 4. The fourth-order valence-corrected chi connectivity index (χ4v) is 2.57. The van der Waals surface area contributed by atoms with Crippen molar-refractivity contribution in [3.05, 3.63) is 65.2 Å². The highest BCUT2D eigenvalue weighted by Gasteiger charge is 2.32. The van der Waals surface area contributed by atoms with Gasteiger partial charge >= 0.3 is 12.1 Å². The Morgan fingerprint density at radius 1 is 0.897 bits per heavy atom. The molecule has 0 unspecified atom stereocenters. The van der Waals surface area contributed by atoms with E-state index in [1.807, 2.05) is 0 Å². The van der Waals surface area contributed by atoms with Gasteiger partial charge < -0.3 is 9.47 Å². The number of halogens is 3. The van der Waals surface area contributed by atoms with Gasteiger partial charge in [0.15, 0.2) is 5.78 Å². The summed E-state index contributed by atoms with van der Waals surface area (Å²) in [5.74, 6) is -0.343. The molecule has 0 heterocycles. The second kappa shape index (κ2) is 9.11. The van der Waals surface area contributed by atoms with Crippen LogP contribution in [0.5, 0.6) is 5.75 Å². The Hall–Kier alpha value is -2.83. The van der Waals surface area contributed by atoms with Gasteiger partial charge in [0.2, 0.25) is 0 Å². The fourth-order valence-electron chi connectivity index (χ4n) is 2.57. The number of esters is 1. The van der Waals surface area contributed by atoms with Crippen LogP contribution >= 0.6 is 0 Å². The maximum atomic E-state index is 13.0. The number of carbonyl (C=O) groups excluding carboxylic acids is 2. The summed E-state index contributed by atoms with van der Waals surface area (Å²) in [6.45, 7) is 5.00. The van der Waals surface area contributed by atoms with Gasteiger partial charge in [-0.2, -0.15) is 13.2 Å². The molecule has 0 spiro atoms. The van der Waals surface area contributed by atoms with E-state index in [9.17, 15) is 22.8 Å². The molecule has 29 heavy (non-hydrogen) atoms. The van der Waals surface area contributed by atoms with Gasteiger partial charge in [0.05, 0.1) is 12.0 Å². The Balaban J connectivity index is 1.92. The van der Waals surface area contributed by atoms with Crippen LogP contribution in [0.25, 0.3) is 0 Å². The molecule has 0 saturated carbocycles. The molecule has 0 N–H and O–H groups in total. The monoisotopic (exact) mass is 408 g/mol. The molecule has 0 fully saturated rings. The molecule has 0 aromatic heterocycles. The molecular formula is C22H23F3O4. The number of carbonyl (C=O) groups is 2. The van der Waals surface area contributed by atoms with E-state index in [2.05, 4.69) is 0 Å². The predicted molar refractivity (Wildman–Crippen MR) is 102 cm³/mol. The van der Waals surface area contributed by atoms with E-state index in [1.165, 1.54) is 42.5 Å². The Bertz CT molecular complexity index is 850. The van der Waals surface area contributed by atoms with Gasteiger partial charge in [-0.25, -0.2) is 0 Å². The Morgan fingerprint density at radius 2 is 1.52 bits per heavy atom. The number of benzene rings is 2. The minimum atomic E-state index is -4.45. The summed E-state index contributed by atoms with van der Waals surface area (Å²) in [6, 6.07) is 11.3. The zero-order valence-electron chi connectivity index (χ0n) is 16.5. The number of rotatable bonds is 7. The van der Waals surface area contributed by atoms with Crippen LogP contribution < -0.4 is 4.74 Å².